The van der Waals surface area contributed by atoms with E-state index in [0.717, 1.165) is 11.3 Å². The molecule has 16 heavy (non-hydrogen) atoms. The van der Waals surface area contributed by atoms with Crippen LogP contribution in [-0.4, -0.2) is 15.6 Å². The van der Waals surface area contributed by atoms with Crippen molar-refractivity contribution in [3.05, 3.63) is 29.8 Å². The third-order valence-electron chi connectivity index (χ3n) is 2.60. The van der Waals surface area contributed by atoms with Crippen molar-refractivity contribution >= 4 is 11.0 Å². The van der Waals surface area contributed by atoms with Crippen LogP contribution in [0.15, 0.2) is 18.2 Å². The number of rotatable bonds is 3. The Hall–Kier alpha value is -1.42. The molecule has 0 atom stereocenters. The maximum absolute atomic E-state index is 13.0. The van der Waals surface area contributed by atoms with Crippen LogP contribution in [0.3, 0.4) is 0 Å². The first-order valence-corrected chi connectivity index (χ1v) is 5.42. The fraction of sp³-hybridized carbons (Fsp3) is 0.417. The predicted molar refractivity (Wildman–Crippen MR) is 62.6 cm³/mol. The number of fused-ring (bicyclic) bond motifs is 1. The summed E-state index contributed by atoms with van der Waals surface area (Å²) in [5, 5.41) is 3.30. The van der Waals surface area contributed by atoms with Gasteiger partial charge in [0.05, 0.1) is 17.6 Å². The molecule has 0 aliphatic rings. The van der Waals surface area contributed by atoms with Crippen LogP contribution in [0.1, 0.15) is 19.7 Å². The average molecular weight is 221 g/mol. The molecular formula is C12H16FN3. The smallest absolute Gasteiger partial charge is 0.125 e. The van der Waals surface area contributed by atoms with E-state index in [4.69, 9.17) is 0 Å². The van der Waals surface area contributed by atoms with E-state index in [1.54, 1.807) is 6.07 Å². The normalized spacial score (nSPS) is 11.6. The van der Waals surface area contributed by atoms with Gasteiger partial charge in [-0.1, -0.05) is 13.8 Å². The van der Waals surface area contributed by atoms with Gasteiger partial charge in [-0.05, 0) is 12.1 Å². The highest BCUT2D eigenvalue weighted by molar-refractivity contribution is 5.75. The predicted octanol–water partition coefficient (Wildman–Crippen LogP) is 2.21. The Kier molecular flexibility index (Phi) is 2.92. The van der Waals surface area contributed by atoms with Crippen LogP contribution in [0.5, 0.6) is 0 Å². The van der Waals surface area contributed by atoms with Gasteiger partial charge < -0.3 is 9.88 Å². The quantitative estimate of drug-likeness (QED) is 0.861. The summed E-state index contributed by atoms with van der Waals surface area (Å²) in [4.78, 5) is 4.41. The summed E-state index contributed by atoms with van der Waals surface area (Å²) < 4.78 is 15.0. The van der Waals surface area contributed by atoms with Crippen molar-refractivity contribution in [2.45, 2.75) is 26.4 Å². The summed E-state index contributed by atoms with van der Waals surface area (Å²) in [7, 11) is 1.95. The van der Waals surface area contributed by atoms with Gasteiger partial charge in [-0.2, -0.15) is 0 Å². The summed E-state index contributed by atoms with van der Waals surface area (Å²) >= 11 is 0. The van der Waals surface area contributed by atoms with Crippen LogP contribution in [0, 0.1) is 5.82 Å². The lowest BCUT2D eigenvalue weighted by Crippen LogP contribution is -2.23. The molecule has 3 nitrogen and oxygen atoms in total. The zero-order valence-corrected chi connectivity index (χ0v) is 9.79. The van der Waals surface area contributed by atoms with Crippen LogP contribution < -0.4 is 5.32 Å². The molecular weight excluding hydrogens is 205 g/mol. The second-order valence-corrected chi connectivity index (χ2v) is 4.26. The van der Waals surface area contributed by atoms with E-state index in [1.807, 2.05) is 11.6 Å². The van der Waals surface area contributed by atoms with Gasteiger partial charge in [-0.25, -0.2) is 9.37 Å². The fourth-order valence-electron chi connectivity index (χ4n) is 1.68. The van der Waals surface area contributed by atoms with Gasteiger partial charge >= 0.3 is 0 Å². The molecule has 0 amide bonds. The summed E-state index contributed by atoms with van der Waals surface area (Å²) in [6.45, 7) is 4.87. The van der Waals surface area contributed by atoms with E-state index >= 15 is 0 Å². The van der Waals surface area contributed by atoms with Crippen molar-refractivity contribution in [2.75, 3.05) is 0 Å². The van der Waals surface area contributed by atoms with Crippen molar-refractivity contribution in [2.24, 2.45) is 7.05 Å². The van der Waals surface area contributed by atoms with E-state index in [-0.39, 0.29) is 5.82 Å². The average Bonchev–Trinajstić information content (AvgIpc) is 2.52. The fourth-order valence-corrected chi connectivity index (χ4v) is 1.68. The van der Waals surface area contributed by atoms with Crippen LogP contribution >= 0.6 is 0 Å². The first-order chi connectivity index (χ1) is 7.58. The van der Waals surface area contributed by atoms with Crippen molar-refractivity contribution in [1.29, 1.82) is 0 Å². The molecule has 1 N–H and O–H groups in total. The van der Waals surface area contributed by atoms with Gasteiger partial charge in [0.25, 0.3) is 0 Å². The molecule has 2 rings (SSSR count). The second kappa shape index (κ2) is 4.22. The van der Waals surface area contributed by atoms with Gasteiger partial charge in [0.1, 0.15) is 11.6 Å². The van der Waals surface area contributed by atoms with Crippen molar-refractivity contribution in [1.82, 2.24) is 14.9 Å². The number of imidazole rings is 1. The molecule has 0 aliphatic carbocycles. The zero-order chi connectivity index (χ0) is 11.7. The second-order valence-electron chi connectivity index (χ2n) is 4.26. The molecule has 0 aliphatic heterocycles. The summed E-state index contributed by atoms with van der Waals surface area (Å²) in [5.74, 6) is 0.684. The number of nitrogens with zero attached hydrogens (tertiary/aromatic N) is 2. The number of halogens is 1. The molecule has 1 aromatic carbocycles. The number of hydrogen-bond donors (Lipinski definition) is 1. The largest absolute Gasteiger partial charge is 0.330 e. The Bertz CT molecular complexity index is 502. The van der Waals surface area contributed by atoms with Gasteiger partial charge in [-0.3, -0.25) is 0 Å². The minimum absolute atomic E-state index is 0.242. The molecule has 1 heterocycles. The topological polar surface area (TPSA) is 29.9 Å². The SMILES string of the molecule is CC(C)NCc1nc2cc(F)ccc2n1C. The summed E-state index contributed by atoms with van der Waals surface area (Å²) in [6.07, 6.45) is 0. The minimum Gasteiger partial charge on any atom is -0.330 e. The van der Waals surface area contributed by atoms with E-state index in [9.17, 15) is 4.39 Å². The van der Waals surface area contributed by atoms with Crippen molar-refractivity contribution in [3.8, 4) is 0 Å². The molecule has 0 unspecified atom stereocenters. The Balaban J connectivity index is 2.36. The van der Waals surface area contributed by atoms with E-state index in [1.165, 1.54) is 12.1 Å². The van der Waals surface area contributed by atoms with Gasteiger partial charge in [0.15, 0.2) is 0 Å². The first-order valence-electron chi connectivity index (χ1n) is 5.42. The van der Waals surface area contributed by atoms with Crippen molar-refractivity contribution < 1.29 is 4.39 Å². The Morgan fingerprint density at radius 2 is 2.19 bits per heavy atom. The Morgan fingerprint density at radius 3 is 2.88 bits per heavy atom. The Morgan fingerprint density at radius 1 is 1.44 bits per heavy atom. The lowest BCUT2D eigenvalue weighted by Gasteiger charge is -2.07. The van der Waals surface area contributed by atoms with E-state index < -0.39 is 0 Å². The van der Waals surface area contributed by atoms with Gasteiger partial charge in [0.2, 0.25) is 0 Å². The molecule has 4 heteroatoms. The summed E-state index contributed by atoms with van der Waals surface area (Å²) in [6, 6.07) is 5.10. The number of aromatic nitrogens is 2. The molecule has 0 spiro atoms. The molecule has 1 aromatic heterocycles. The Labute approximate surface area is 94.3 Å². The third kappa shape index (κ3) is 2.07. The number of nitrogens with one attached hydrogen (secondary N) is 1. The van der Waals surface area contributed by atoms with Crippen LogP contribution in [0.4, 0.5) is 4.39 Å². The molecule has 0 saturated heterocycles. The molecule has 2 aromatic rings. The van der Waals surface area contributed by atoms with Crippen LogP contribution in [0.25, 0.3) is 11.0 Å². The summed E-state index contributed by atoms with van der Waals surface area (Å²) in [5.41, 5.74) is 1.67. The van der Waals surface area contributed by atoms with Gasteiger partial charge in [-0.15, -0.1) is 0 Å². The number of benzene rings is 1. The lowest BCUT2D eigenvalue weighted by atomic mass is 10.3. The number of hydrogen-bond acceptors (Lipinski definition) is 2. The maximum atomic E-state index is 13.0. The van der Waals surface area contributed by atoms with E-state index in [2.05, 4.69) is 24.1 Å². The maximum Gasteiger partial charge on any atom is 0.125 e. The lowest BCUT2D eigenvalue weighted by molar-refractivity contribution is 0.563. The molecule has 0 radical (unpaired) electrons. The molecule has 0 fully saturated rings. The van der Waals surface area contributed by atoms with Crippen molar-refractivity contribution in [3.63, 3.8) is 0 Å². The minimum atomic E-state index is -0.242. The standard InChI is InChI=1S/C12H16FN3/c1-8(2)14-7-12-15-10-6-9(13)4-5-11(10)16(12)3/h4-6,8,14H,7H2,1-3H3. The monoisotopic (exact) mass is 221 g/mol. The van der Waals surface area contributed by atoms with Gasteiger partial charge in [0, 0.05) is 19.2 Å². The molecule has 86 valence electrons. The van der Waals surface area contributed by atoms with Crippen LogP contribution in [0.2, 0.25) is 0 Å². The first kappa shape index (κ1) is 11.1. The number of aryl methyl sites for hydroxylation is 1. The molecule has 0 bridgehead atoms. The third-order valence-corrected chi connectivity index (χ3v) is 2.60. The highest BCUT2D eigenvalue weighted by atomic mass is 19.1. The highest BCUT2D eigenvalue weighted by Crippen LogP contribution is 2.16. The highest BCUT2D eigenvalue weighted by Gasteiger charge is 2.08. The van der Waals surface area contributed by atoms with E-state index in [0.29, 0.717) is 18.1 Å². The van der Waals surface area contributed by atoms with Crippen LogP contribution in [-0.2, 0) is 13.6 Å². The zero-order valence-electron chi connectivity index (χ0n) is 9.79. The molecule has 0 saturated carbocycles.